The van der Waals surface area contributed by atoms with E-state index in [4.69, 9.17) is 25.8 Å². The number of hydrazine groups is 1. The number of carbonyl (C=O) groups excluding carboxylic acids is 3. The van der Waals surface area contributed by atoms with Crippen LogP contribution < -0.4 is 30.0 Å². The van der Waals surface area contributed by atoms with Gasteiger partial charge in [0, 0.05) is 11.1 Å². The Hall–Kier alpha value is -3.30. The fraction of sp³-hybridized carbons (Fsp3) is 0.250. The zero-order valence-corrected chi connectivity index (χ0v) is 16.5. The topological polar surface area (TPSA) is 106 Å². The molecular formula is C20H18ClN3O6. The number of nitrogens with zero attached hydrogens (tertiary/aromatic N) is 1. The summed E-state index contributed by atoms with van der Waals surface area (Å²) in [7, 11) is 0. The van der Waals surface area contributed by atoms with Gasteiger partial charge in [0.15, 0.2) is 18.1 Å². The molecule has 0 aliphatic carbocycles. The van der Waals surface area contributed by atoms with Gasteiger partial charge in [0.1, 0.15) is 25.0 Å². The molecule has 2 heterocycles. The smallest absolute Gasteiger partial charge is 0.272 e. The number of amides is 3. The van der Waals surface area contributed by atoms with Crippen molar-refractivity contribution in [3.8, 4) is 17.2 Å². The summed E-state index contributed by atoms with van der Waals surface area (Å²) in [6, 6.07) is 10.5. The Kier molecular flexibility index (Phi) is 5.73. The monoisotopic (exact) mass is 431 g/mol. The number of rotatable bonds is 6. The van der Waals surface area contributed by atoms with E-state index >= 15 is 0 Å². The number of imide groups is 1. The Labute approximate surface area is 176 Å². The zero-order valence-electron chi connectivity index (χ0n) is 15.7. The molecule has 0 spiro atoms. The van der Waals surface area contributed by atoms with Gasteiger partial charge < -0.3 is 14.2 Å². The van der Waals surface area contributed by atoms with Crippen LogP contribution in [0, 0.1) is 0 Å². The number of anilines is 1. The number of hydrogen-bond acceptors (Lipinski definition) is 7. The van der Waals surface area contributed by atoms with Crippen molar-refractivity contribution in [2.75, 3.05) is 24.7 Å². The number of nitrogens with one attached hydrogen (secondary N) is 2. The zero-order chi connectivity index (χ0) is 21.1. The Morgan fingerprint density at radius 3 is 2.60 bits per heavy atom. The van der Waals surface area contributed by atoms with Crippen LogP contribution in [-0.2, 0) is 14.4 Å². The van der Waals surface area contributed by atoms with Crippen LogP contribution >= 0.6 is 11.6 Å². The lowest BCUT2D eigenvalue weighted by atomic mass is 10.2. The molecule has 0 aromatic heterocycles. The first-order valence-corrected chi connectivity index (χ1v) is 9.58. The molecule has 2 aliphatic rings. The minimum absolute atomic E-state index is 0.0917. The van der Waals surface area contributed by atoms with Crippen molar-refractivity contribution in [2.45, 2.75) is 12.5 Å². The number of halogens is 1. The van der Waals surface area contributed by atoms with E-state index in [0.717, 1.165) is 4.90 Å². The van der Waals surface area contributed by atoms with Gasteiger partial charge in [-0.05, 0) is 36.4 Å². The Bertz CT molecular complexity index is 981. The second kappa shape index (κ2) is 8.60. The molecule has 2 aliphatic heterocycles. The van der Waals surface area contributed by atoms with Crippen LogP contribution in [0.25, 0.3) is 0 Å². The molecule has 0 bridgehead atoms. The van der Waals surface area contributed by atoms with E-state index in [-0.39, 0.29) is 18.9 Å². The standard InChI is InChI=1S/C20H18ClN3O6/c21-12-1-4-14(5-2-12)30-11-18(25)23-22-15-10-19(26)24(20(15)27)13-3-6-16-17(9-13)29-8-7-28-16/h1-6,9,15,22H,7-8,10-11H2,(H,23,25). The van der Waals surface area contributed by atoms with Gasteiger partial charge in [-0.1, -0.05) is 11.6 Å². The van der Waals surface area contributed by atoms with Gasteiger partial charge in [-0.2, -0.15) is 0 Å². The van der Waals surface area contributed by atoms with Crippen molar-refractivity contribution in [3.63, 3.8) is 0 Å². The molecule has 2 aromatic rings. The molecule has 1 atom stereocenters. The number of ether oxygens (including phenoxy) is 3. The Morgan fingerprint density at radius 2 is 1.83 bits per heavy atom. The lowest BCUT2D eigenvalue weighted by Gasteiger charge is -2.21. The highest BCUT2D eigenvalue weighted by Crippen LogP contribution is 2.35. The normalized spacial score (nSPS) is 17.8. The van der Waals surface area contributed by atoms with Crippen molar-refractivity contribution >= 4 is 35.0 Å². The van der Waals surface area contributed by atoms with Crippen LogP contribution in [0.2, 0.25) is 5.02 Å². The molecule has 0 saturated carbocycles. The second-order valence-electron chi connectivity index (χ2n) is 6.59. The van der Waals surface area contributed by atoms with Crippen molar-refractivity contribution < 1.29 is 28.6 Å². The predicted octanol–water partition coefficient (Wildman–Crippen LogP) is 1.44. The van der Waals surface area contributed by atoms with E-state index in [1.807, 2.05) is 0 Å². The highest BCUT2D eigenvalue weighted by atomic mass is 35.5. The lowest BCUT2D eigenvalue weighted by Crippen LogP contribution is -2.49. The summed E-state index contributed by atoms with van der Waals surface area (Å²) >= 11 is 5.79. The first kappa shape index (κ1) is 20.0. The number of carbonyl (C=O) groups is 3. The third kappa shape index (κ3) is 4.32. The molecule has 30 heavy (non-hydrogen) atoms. The molecule has 156 valence electrons. The number of benzene rings is 2. The van der Waals surface area contributed by atoms with Gasteiger partial charge in [-0.3, -0.25) is 19.8 Å². The van der Waals surface area contributed by atoms with Gasteiger partial charge in [-0.15, -0.1) is 0 Å². The van der Waals surface area contributed by atoms with Crippen molar-refractivity contribution in [3.05, 3.63) is 47.5 Å². The van der Waals surface area contributed by atoms with Gasteiger partial charge in [0.2, 0.25) is 5.91 Å². The van der Waals surface area contributed by atoms with E-state index in [9.17, 15) is 14.4 Å². The molecule has 1 saturated heterocycles. The molecule has 1 fully saturated rings. The van der Waals surface area contributed by atoms with Crippen molar-refractivity contribution in [1.29, 1.82) is 0 Å². The minimum atomic E-state index is -0.884. The average molecular weight is 432 g/mol. The summed E-state index contributed by atoms with van der Waals surface area (Å²) in [5.41, 5.74) is 5.38. The summed E-state index contributed by atoms with van der Waals surface area (Å²) in [5, 5.41) is 0.556. The summed E-state index contributed by atoms with van der Waals surface area (Å²) in [5.74, 6) is 0.154. The molecule has 1 unspecified atom stereocenters. The fourth-order valence-electron chi connectivity index (χ4n) is 3.07. The third-order valence-electron chi connectivity index (χ3n) is 4.50. The van der Waals surface area contributed by atoms with Gasteiger partial charge in [0.25, 0.3) is 11.8 Å². The number of fused-ring (bicyclic) bond motifs is 1. The molecule has 2 aromatic carbocycles. The third-order valence-corrected chi connectivity index (χ3v) is 4.75. The maximum Gasteiger partial charge on any atom is 0.272 e. The van der Waals surface area contributed by atoms with Gasteiger partial charge in [0.05, 0.1) is 12.1 Å². The summed E-state index contributed by atoms with van der Waals surface area (Å²) in [6.45, 7) is 0.573. The maximum absolute atomic E-state index is 12.7. The average Bonchev–Trinajstić information content (AvgIpc) is 3.04. The quantitative estimate of drug-likeness (QED) is 0.526. The van der Waals surface area contributed by atoms with Crippen molar-refractivity contribution in [1.82, 2.24) is 10.9 Å². The fourth-order valence-corrected chi connectivity index (χ4v) is 3.20. The highest BCUT2D eigenvalue weighted by Gasteiger charge is 2.40. The first-order chi connectivity index (χ1) is 14.5. The maximum atomic E-state index is 12.7. The summed E-state index contributed by atoms with van der Waals surface area (Å²) < 4.78 is 16.3. The summed E-state index contributed by atoms with van der Waals surface area (Å²) in [4.78, 5) is 38.1. The van der Waals surface area contributed by atoms with Gasteiger partial charge >= 0.3 is 0 Å². The lowest BCUT2D eigenvalue weighted by molar-refractivity contribution is -0.125. The minimum Gasteiger partial charge on any atom is -0.486 e. The molecule has 4 rings (SSSR count). The van der Waals surface area contributed by atoms with Crippen LogP contribution in [0.5, 0.6) is 17.2 Å². The van der Waals surface area contributed by atoms with Gasteiger partial charge in [-0.25, -0.2) is 10.3 Å². The second-order valence-corrected chi connectivity index (χ2v) is 7.02. The van der Waals surface area contributed by atoms with Crippen LogP contribution in [0.15, 0.2) is 42.5 Å². The first-order valence-electron chi connectivity index (χ1n) is 9.20. The molecule has 9 nitrogen and oxygen atoms in total. The van der Waals surface area contributed by atoms with E-state index < -0.39 is 17.9 Å². The van der Waals surface area contributed by atoms with Crippen LogP contribution in [0.1, 0.15) is 6.42 Å². The highest BCUT2D eigenvalue weighted by molar-refractivity contribution is 6.30. The van der Waals surface area contributed by atoms with Crippen LogP contribution in [0.4, 0.5) is 5.69 Å². The van der Waals surface area contributed by atoms with E-state index in [1.54, 1.807) is 42.5 Å². The summed E-state index contributed by atoms with van der Waals surface area (Å²) in [6.07, 6.45) is -0.0917. The van der Waals surface area contributed by atoms with Crippen molar-refractivity contribution in [2.24, 2.45) is 0 Å². The molecule has 10 heteroatoms. The SMILES string of the molecule is O=C(COc1ccc(Cl)cc1)NNC1CC(=O)N(c2ccc3c(c2)OCCO3)C1=O. The van der Waals surface area contributed by atoms with E-state index in [0.29, 0.717) is 41.2 Å². The molecular weight excluding hydrogens is 414 g/mol. The van der Waals surface area contributed by atoms with Crippen LogP contribution in [-0.4, -0.2) is 43.6 Å². The number of hydrogen-bond donors (Lipinski definition) is 2. The predicted molar refractivity (Wildman–Crippen MR) is 107 cm³/mol. The Morgan fingerprint density at radius 1 is 1.10 bits per heavy atom. The molecule has 0 radical (unpaired) electrons. The van der Waals surface area contributed by atoms with E-state index in [1.165, 1.54) is 0 Å². The van der Waals surface area contributed by atoms with Crippen LogP contribution in [0.3, 0.4) is 0 Å². The Balaban J connectivity index is 1.32. The van der Waals surface area contributed by atoms with E-state index in [2.05, 4.69) is 10.9 Å². The molecule has 3 amide bonds. The molecule has 2 N–H and O–H groups in total. The largest absolute Gasteiger partial charge is 0.486 e.